The second-order valence-corrected chi connectivity index (χ2v) is 6.59. The van der Waals surface area contributed by atoms with Gasteiger partial charge in [0, 0.05) is 28.0 Å². The summed E-state index contributed by atoms with van der Waals surface area (Å²) < 4.78 is 24.7. The van der Waals surface area contributed by atoms with Crippen molar-refractivity contribution in [3.8, 4) is 0 Å². The Labute approximate surface area is 130 Å². The first kappa shape index (κ1) is 15.9. The van der Waals surface area contributed by atoms with Crippen molar-refractivity contribution in [3.63, 3.8) is 0 Å². The van der Waals surface area contributed by atoms with Crippen LogP contribution in [-0.2, 0) is 27.8 Å². The number of hydrogen-bond donors (Lipinski definition) is 0. The molecular weight excluding hydrogens is 311 g/mol. The predicted octanol–water partition coefficient (Wildman–Crippen LogP) is 3.54. The minimum atomic E-state index is -1.25. The molecule has 0 aliphatic heterocycles. The fourth-order valence-electron chi connectivity index (χ4n) is 1.88. The second-order valence-electron chi connectivity index (χ2n) is 4.70. The number of ketones is 1. The smallest absolute Gasteiger partial charge is 0.149 e. The Kier molecular flexibility index (Phi) is 5.65. The average Bonchev–Trinajstić information content (AvgIpc) is 2.44. The van der Waals surface area contributed by atoms with Gasteiger partial charge in [-0.25, -0.2) is 4.39 Å². The molecule has 0 saturated carbocycles. The Morgan fingerprint density at radius 1 is 1.00 bits per heavy atom. The number of hydrogen-bond acceptors (Lipinski definition) is 2. The first-order valence-electron chi connectivity index (χ1n) is 6.38. The van der Waals surface area contributed by atoms with Gasteiger partial charge in [-0.15, -0.1) is 0 Å². The Morgan fingerprint density at radius 3 is 2.19 bits per heavy atom. The number of carbonyl (C=O) groups is 1. The third-order valence-corrected chi connectivity index (χ3v) is 4.43. The molecule has 2 rings (SSSR count). The lowest BCUT2D eigenvalue weighted by molar-refractivity contribution is -0.116. The van der Waals surface area contributed by atoms with E-state index in [0.29, 0.717) is 10.8 Å². The highest BCUT2D eigenvalue weighted by molar-refractivity contribution is 7.84. The Bertz CT molecular complexity index is 581. The van der Waals surface area contributed by atoms with Crippen LogP contribution in [0.4, 0.5) is 4.39 Å². The molecule has 5 heteroatoms. The third kappa shape index (κ3) is 5.40. The number of Topliss-reactive ketones (excluding diaryl/α,β-unsaturated/α-hetero) is 1. The molecule has 0 amide bonds. The van der Waals surface area contributed by atoms with Crippen LogP contribution in [0, 0.1) is 5.82 Å². The number of halogens is 2. The molecule has 0 heterocycles. The van der Waals surface area contributed by atoms with Crippen LogP contribution < -0.4 is 0 Å². The number of carbonyl (C=O) groups excluding carboxylic acids is 1. The Morgan fingerprint density at radius 2 is 1.57 bits per heavy atom. The zero-order valence-electron chi connectivity index (χ0n) is 11.2. The molecule has 1 atom stereocenters. The molecule has 2 nitrogen and oxygen atoms in total. The molecule has 0 bridgehead atoms. The number of benzene rings is 2. The van der Waals surface area contributed by atoms with Gasteiger partial charge in [-0.2, -0.15) is 0 Å². The zero-order chi connectivity index (χ0) is 15.2. The summed E-state index contributed by atoms with van der Waals surface area (Å²) in [6, 6.07) is 12.8. The van der Waals surface area contributed by atoms with E-state index in [0.717, 1.165) is 11.1 Å². The van der Waals surface area contributed by atoms with Gasteiger partial charge in [0.05, 0.1) is 5.75 Å². The van der Waals surface area contributed by atoms with Crippen LogP contribution in [0.2, 0.25) is 5.02 Å². The summed E-state index contributed by atoms with van der Waals surface area (Å²) in [5.41, 5.74) is 1.61. The summed E-state index contributed by atoms with van der Waals surface area (Å²) in [6.07, 6.45) is 0.173. The molecule has 0 fully saturated rings. The van der Waals surface area contributed by atoms with E-state index in [-0.39, 0.29) is 23.8 Å². The molecule has 0 radical (unpaired) electrons. The number of rotatable bonds is 6. The van der Waals surface area contributed by atoms with Crippen LogP contribution in [0.25, 0.3) is 0 Å². The monoisotopic (exact) mass is 324 g/mol. The van der Waals surface area contributed by atoms with Crippen LogP contribution >= 0.6 is 11.6 Å². The molecule has 0 spiro atoms. The van der Waals surface area contributed by atoms with E-state index in [1.807, 2.05) is 0 Å². The average molecular weight is 325 g/mol. The molecule has 0 N–H and O–H groups in total. The third-order valence-electron chi connectivity index (χ3n) is 2.88. The highest BCUT2D eigenvalue weighted by Crippen LogP contribution is 2.11. The summed E-state index contributed by atoms with van der Waals surface area (Å²) in [5.74, 6) is -0.127. The van der Waals surface area contributed by atoms with Crippen LogP contribution in [0.1, 0.15) is 11.1 Å². The summed E-state index contributed by atoms with van der Waals surface area (Å²) in [7, 11) is -1.25. The molecule has 2 aromatic rings. The van der Waals surface area contributed by atoms with Gasteiger partial charge in [0.2, 0.25) is 0 Å². The van der Waals surface area contributed by atoms with E-state index in [9.17, 15) is 13.4 Å². The SMILES string of the molecule is O=C(Cc1ccc(F)cc1)CS(=O)Cc1ccc(Cl)cc1. The second kappa shape index (κ2) is 7.48. The molecule has 0 aliphatic rings. The van der Waals surface area contributed by atoms with Gasteiger partial charge < -0.3 is 0 Å². The lowest BCUT2D eigenvalue weighted by Crippen LogP contribution is -2.14. The van der Waals surface area contributed by atoms with E-state index < -0.39 is 10.8 Å². The van der Waals surface area contributed by atoms with E-state index in [1.165, 1.54) is 12.1 Å². The lowest BCUT2D eigenvalue weighted by Gasteiger charge is -2.03. The Balaban J connectivity index is 1.85. The van der Waals surface area contributed by atoms with Crippen LogP contribution in [0.5, 0.6) is 0 Å². The molecule has 110 valence electrons. The molecule has 0 saturated heterocycles. The molecule has 21 heavy (non-hydrogen) atoms. The fraction of sp³-hybridized carbons (Fsp3) is 0.188. The van der Waals surface area contributed by atoms with Crippen molar-refractivity contribution in [1.29, 1.82) is 0 Å². The van der Waals surface area contributed by atoms with Gasteiger partial charge in [0.1, 0.15) is 11.6 Å². The van der Waals surface area contributed by atoms with Gasteiger partial charge in [0.25, 0.3) is 0 Å². The van der Waals surface area contributed by atoms with Gasteiger partial charge in [0.15, 0.2) is 0 Å². The van der Waals surface area contributed by atoms with Crippen molar-refractivity contribution in [3.05, 3.63) is 70.5 Å². The fourth-order valence-corrected chi connectivity index (χ4v) is 3.13. The van der Waals surface area contributed by atoms with Gasteiger partial charge in [-0.1, -0.05) is 35.9 Å². The van der Waals surface area contributed by atoms with Gasteiger partial charge >= 0.3 is 0 Å². The minimum absolute atomic E-state index is 0.00000283. The maximum Gasteiger partial charge on any atom is 0.149 e. The topological polar surface area (TPSA) is 34.1 Å². The predicted molar refractivity (Wildman–Crippen MR) is 83.3 cm³/mol. The molecule has 2 aromatic carbocycles. The van der Waals surface area contributed by atoms with Crippen molar-refractivity contribution >= 4 is 28.2 Å². The molecule has 1 unspecified atom stereocenters. The van der Waals surface area contributed by atoms with E-state index in [2.05, 4.69) is 0 Å². The van der Waals surface area contributed by atoms with Crippen molar-refractivity contribution in [2.45, 2.75) is 12.2 Å². The van der Waals surface area contributed by atoms with Crippen molar-refractivity contribution in [2.75, 3.05) is 5.75 Å². The first-order valence-corrected chi connectivity index (χ1v) is 8.25. The largest absolute Gasteiger partial charge is 0.298 e. The molecule has 0 aliphatic carbocycles. The van der Waals surface area contributed by atoms with Crippen molar-refractivity contribution in [2.24, 2.45) is 0 Å². The van der Waals surface area contributed by atoms with E-state index in [1.54, 1.807) is 36.4 Å². The summed E-state index contributed by atoms with van der Waals surface area (Å²) in [6.45, 7) is 0. The van der Waals surface area contributed by atoms with Crippen LogP contribution in [0.15, 0.2) is 48.5 Å². The summed E-state index contributed by atoms with van der Waals surface area (Å²) >= 11 is 5.78. The van der Waals surface area contributed by atoms with Crippen LogP contribution in [0.3, 0.4) is 0 Å². The van der Waals surface area contributed by atoms with Crippen molar-refractivity contribution in [1.82, 2.24) is 0 Å². The summed E-state index contributed by atoms with van der Waals surface area (Å²) in [4.78, 5) is 11.8. The Hall–Kier alpha value is -1.52. The van der Waals surface area contributed by atoms with Crippen LogP contribution in [-0.4, -0.2) is 15.7 Å². The normalized spacial score (nSPS) is 12.1. The first-order chi connectivity index (χ1) is 10.0. The highest BCUT2D eigenvalue weighted by atomic mass is 35.5. The lowest BCUT2D eigenvalue weighted by atomic mass is 10.1. The highest BCUT2D eigenvalue weighted by Gasteiger charge is 2.10. The van der Waals surface area contributed by atoms with Gasteiger partial charge in [-0.3, -0.25) is 9.00 Å². The quantitative estimate of drug-likeness (QED) is 0.814. The zero-order valence-corrected chi connectivity index (χ0v) is 12.8. The minimum Gasteiger partial charge on any atom is -0.298 e. The van der Waals surface area contributed by atoms with E-state index >= 15 is 0 Å². The van der Waals surface area contributed by atoms with Gasteiger partial charge in [-0.05, 0) is 35.4 Å². The summed E-state index contributed by atoms with van der Waals surface area (Å²) in [5, 5.41) is 0.622. The van der Waals surface area contributed by atoms with E-state index in [4.69, 9.17) is 11.6 Å². The molecule has 0 aromatic heterocycles. The molecular formula is C16H14ClFO2S. The maximum atomic E-state index is 12.8. The maximum absolute atomic E-state index is 12.8. The standard InChI is InChI=1S/C16H14ClFO2S/c17-14-5-1-13(2-6-14)10-21(20)11-16(19)9-12-3-7-15(18)8-4-12/h1-8H,9-11H2. The van der Waals surface area contributed by atoms with Crippen molar-refractivity contribution < 1.29 is 13.4 Å².